The van der Waals surface area contributed by atoms with Crippen molar-refractivity contribution in [1.82, 2.24) is 0 Å². The van der Waals surface area contributed by atoms with Crippen LogP contribution in [0.1, 0.15) is 72.1 Å². The van der Waals surface area contributed by atoms with Gasteiger partial charge in [0.2, 0.25) is 0 Å². The van der Waals surface area contributed by atoms with Gasteiger partial charge in [-0.3, -0.25) is 0 Å². The molecule has 24 heavy (non-hydrogen) atoms. The first-order valence-corrected chi connectivity index (χ1v) is 10.5. The van der Waals surface area contributed by atoms with E-state index >= 15 is 0 Å². The first-order valence-electron chi connectivity index (χ1n) is 10.5. The molecule has 0 unspecified atom stereocenters. The fourth-order valence-electron chi connectivity index (χ4n) is 7.90. The van der Waals surface area contributed by atoms with E-state index in [9.17, 15) is 0 Å². The van der Waals surface area contributed by atoms with Crippen LogP contribution in [0, 0.1) is 40.4 Å². The minimum Gasteiger partial charge on any atom is -0.381 e. The van der Waals surface area contributed by atoms with E-state index in [1.165, 1.54) is 51.4 Å². The number of rotatable bonds is 2. The molecule has 0 aromatic heterocycles. The summed E-state index contributed by atoms with van der Waals surface area (Å²) in [5.41, 5.74) is 1.04. The Kier molecular flexibility index (Phi) is 4.32. The van der Waals surface area contributed by atoms with Crippen molar-refractivity contribution in [1.29, 1.82) is 0 Å². The molecule has 4 aliphatic rings. The molecule has 4 rings (SSSR count). The SMILES string of the molecule is CO[C@@H]1C[C@@H]2[C@H]3C[C@H](OC)[C@@H]4C[C@@H](C)CC[C@@]4(C)[C@@H]3CC[C@@]2(C)C1. The van der Waals surface area contributed by atoms with Crippen molar-refractivity contribution >= 4 is 0 Å². The Labute approximate surface area is 149 Å². The lowest BCUT2D eigenvalue weighted by Crippen LogP contribution is -2.57. The standard InChI is InChI=1S/C22H38O2/c1-14-6-9-22(3)17-7-8-21(2)13-15(23-4)11-18(21)16(17)12-20(24-5)19(22)10-14/h14-20H,6-13H2,1-5H3/t14-,15+,16-,17+,18+,19-,20-,21-,22-/m0/s1. The molecule has 0 aromatic rings. The largest absolute Gasteiger partial charge is 0.381 e. The number of methoxy groups -OCH3 is 2. The average molecular weight is 335 g/mol. The summed E-state index contributed by atoms with van der Waals surface area (Å²) in [7, 11) is 3.89. The van der Waals surface area contributed by atoms with Gasteiger partial charge in [0.25, 0.3) is 0 Å². The molecule has 138 valence electrons. The summed E-state index contributed by atoms with van der Waals surface area (Å²) in [6.07, 6.45) is 12.0. The maximum atomic E-state index is 6.13. The number of hydrogen-bond donors (Lipinski definition) is 0. The van der Waals surface area contributed by atoms with Gasteiger partial charge in [0.1, 0.15) is 0 Å². The van der Waals surface area contributed by atoms with E-state index in [1.807, 2.05) is 14.2 Å². The van der Waals surface area contributed by atoms with Crippen molar-refractivity contribution in [2.24, 2.45) is 40.4 Å². The smallest absolute Gasteiger partial charge is 0.0607 e. The van der Waals surface area contributed by atoms with Crippen LogP contribution in [0.2, 0.25) is 0 Å². The van der Waals surface area contributed by atoms with E-state index < -0.39 is 0 Å². The van der Waals surface area contributed by atoms with Crippen LogP contribution in [-0.2, 0) is 9.47 Å². The van der Waals surface area contributed by atoms with E-state index in [1.54, 1.807) is 0 Å². The molecule has 0 amide bonds. The average Bonchev–Trinajstić information content (AvgIpc) is 2.92. The molecule has 0 N–H and O–H groups in total. The maximum absolute atomic E-state index is 6.13. The topological polar surface area (TPSA) is 18.5 Å². The van der Waals surface area contributed by atoms with Gasteiger partial charge in [-0.15, -0.1) is 0 Å². The van der Waals surface area contributed by atoms with Crippen LogP contribution < -0.4 is 0 Å². The molecule has 0 radical (unpaired) electrons. The predicted molar refractivity (Wildman–Crippen MR) is 97.9 cm³/mol. The van der Waals surface area contributed by atoms with Gasteiger partial charge in [0, 0.05) is 14.2 Å². The molecule has 0 aliphatic heterocycles. The highest BCUT2D eigenvalue weighted by atomic mass is 16.5. The van der Waals surface area contributed by atoms with Crippen molar-refractivity contribution in [3.05, 3.63) is 0 Å². The Morgan fingerprint density at radius 3 is 2.33 bits per heavy atom. The molecular weight excluding hydrogens is 296 g/mol. The lowest BCUT2D eigenvalue weighted by molar-refractivity contribution is -0.167. The molecule has 9 atom stereocenters. The lowest BCUT2D eigenvalue weighted by atomic mass is 9.44. The third-order valence-electron chi connectivity index (χ3n) is 9.28. The normalized spacial score (nSPS) is 57.1. The minimum absolute atomic E-state index is 0.489. The van der Waals surface area contributed by atoms with Crippen molar-refractivity contribution in [2.45, 2.75) is 84.3 Å². The summed E-state index contributed by atoms with van der Waals surface area (Å²) in [4.78, 5) is 0. The lowest BCUT2D eigenvalue weighted by Gasteiger charge is -2.62. The molecule has 0 aromatic carbocycles. The van der Waals surface area contributed by atoms with Crippen LogP contribution in [0.4, 0.5) is 0 Å². The molecule has 4 aliphatic carbocycles. The summed E-state index contributed by atoms with van der Waals surface area (Å²) < 4.78 is 11.9. The van der Waals surface area contributed by atoms with Crippen LogP contribution in [-0.4, -0.2) is 26.4 Å². The zero-order chi connectivity index (χ0) is 17.1. The summed E-state index contributed by atoms with van der Waals surface area (Å²) in [5.74, 6) is 4.32. The second-order valence-corrected chi connectivity index (χ2v) is 10.4. The predicted octanol–water partition coefficient (Wildman–Crippen LogP) is 5.31. The quantitative estimate of drug-likeness (QED) is 0.682. The van der Waals surface area contributed by atoms with Gasteiger partial charge in [-0.25, -0.2) is 0 Å². The third kappa shape index (κ3) is 2.42. The fraction of sp³-hybridized carbons (Fsp3) is 1.00. The number of hydrogen-bond acceptors (Lipinski definition) is 2. The highest BCUT2D eigenvalue weighted by Crippen LogP contribution is 2.67. The molecule has 0 heterocycles. The zero-order valence-electron chi connectivity index (χ0n) is 16.5. The fourth-order valence-corrected chi connectivity index (χ4v) is 7.90. The Balaban J connectivity index is 1.65. The Hall–Kier alpha value is -0.0800. The van der Waals surface area contributed by atoms with Crippen LogP contribution in [0.3, 0.4) is 0 Å². The first kappa shape index (κ1) is 17.3. The van der Waals surface area contributed by atoms with E-state index in [2.05, 4.69) is 20.8 Å². The molecule has 2 nitrogen and oxygen atoms in total. The van der Waals surface area contributed by atoms with Crippen LogP contribution in [0.25, 0.3) is 0 Å². The third-order valence-corrected chi connectivity index (χ3v) is 9.28. The number of fused-ring (bicyclic) bond motifs is 5. The monoisotopic (exact) mass is 334 g/mol. The maximum Gasteiger partial charge on any atom is 0.0607 e. The summed E-state index contributed by atoms with van der Waals surface area (Å²) >= 11 is 0. The van der Waals surface area contributed by atoms with Crippen molar-refractivity contribution in [2.75, 3.05) is 14.2 Å². The molecule has 4 fully saturated rings. The van der Waals surface area contributed by atoms with Crippen LogP contribution in [0.5, 0.6) is 0 Å². The van der Waals surface area contributed by atoms with Crippen molar-refractivity contribution in [3.63, 3.8) is 0 Å². The summed E-state index contributed by atoms with van der Waals surface area (Å²) in [6, 6.07) is 0. The summed E-state index contributed by atoms with van der Waals surface area (Å²) in [6.45, 7) is 7.65. The van der Waals surface area contributed by atoms with Gasteiger partial charge in [-0.05, 0) is 85.4 Å². The second-order valence-electron chi connectivity index (χ2n) is 10.4. The number of ether oxygens (including phenoxy) is 2. The molecule has 0 spiro atoms. The van der Waals surface area contributed by atoms with E-state index in [0.29, 0.717) is 23.0 Å². The molecule has 0 bridgehead atoms. The molecule has 4 saturated carbocycles. The van der Waals surface area contributed by atoms with Crippen molar-refractivity contribution < 1.29 is 9.47 Å². The van der Waals surface area contributed by atoms with Crippen molar-refractivity contribution in [3.8, 4) is 0 Å². The highest BCUT2D eigenvalue weighted by Gasteiger charge is 2.61. The Bertz CT molecular complexity index is 477. The molecule has 2 heteroatoms. The first-order chi connectivity index (χ1) is 11.4. The van der Waals surface area contributed by atoms with Gasteiger partial charge in [0.15, 0.2) is 0 Å². The van der Waals surface area contributed by atoms with Crippen LogP contribution in [0.15, 0.2) is 0 Å². The van der Waals surface area contributed by atoms with E-state index in [0.717, 1.165) is 29.6 Å². The van der Waals surface area contributed by atoms with Gasteiger partial charge in [-0.1, -0.05) is 27.2 Å². The van der Waals surface area contributed by atoms with Gasteiger partial charge in [-0.2, -0.15) is 0 Å². The Morgan fingerprint density at radius 1 is 0.833 bits per heavy atom. The second kappa shape index (κ2) is 5.98. The van der Waals surface area contributed by atoms with Gasteiger partial charge in [0.05, 0.1) is 12.2 Å². The van der Waals surface area contributed by atoms with Gasteiger partial charge >= 0.3 is 0 Å². The van der Waals surface area contributed by atoms with E-state index in [-0.39, 0.29) is 0 Å². The zero-order valence-corrected chi connectivity index (χ0v) is 16.5. The minimum atomic E-state index is 0.489. The molecular formula is C22H38O2. The highest BCUT2D eigenvalue weighted by molar-refractivity contribution is 5.10. The van der Waals surface area contributed by atoms with Gasteiger partial charge < -0.3 is 9.47 Å². The van der Waals surface area contributed by atoms with E-state index in [4.69, 9.17) is 9.47 Å². The Morgan fingerprint density at radius 2 is 1.62 bits per heavy atom. The molecule has 0 saturated heterocycles. The van der Waals surface area contributed by atoms with Crippen LogP contribution >= 0.6 is 0 Å². The summed E-state index contributed by atoms with van der Waals surface area (Å²) in [5, 5.41) is 0.